The van der Waals surface area contributed by atoms with E-state index in [4.69, 9.17) is 5.11 Å². The third-order valence-electron chi connectivity index (χ3n) is 3.10. The quantitative estimate of drug-likeness (QED) is 0.880. The molecule has 5 heteroatoms. The highest BCUT2D eigenvalue weighted by Gasteiger charge is 2.10. The molecule has 0 aliphatic heterocycles. The molecule has 0 unspecified atom stereocenters. The molecule has 0 spiro atoms. The number of aromatic carboxylic acids is 1. The van der Waals surface area contributed by atoms with Crippen molar-refractivity contribution < 1.29 is 14.3 Å². The Labute approximate surface area is 116 Å². The molecular formula is C15H15FN2O2. The SMILES string of the molecule is C[C@@H](NCc1cc(C(=O)O)ccc1F)c1ccncc1. The molecular weight excluding hydrogens is 259 g/mol. The number of nitrogens with one attached hydrogen (secondary N) is 1. The molecule has 0 amide bonds. The van der Waals surface area contributed by atoms with Gasteiger partial charge in [-0.3, -0.25) is 4.98 Å². The van der Waals surface area contributed by atoms with Gasteiger partial charge < -0.3 is 10.4 Å². The summed E-state index contributed by atoms with van der Waals surface area (Å²) in [6, 6.07) is 7.56. The van der Waals surface area contributed by atoms with Crippen LogP contribution >= 0.6 is 0 Å². The molecule has 0 aliphatic carbocycles. The first-order chi connectivity index (χ1) is 9.58. The zero-order chi connectivity index (χ0) is 14.5. The maximum absolute atomic E-state index is 13.6. The molecule has 0 saturated carbocycles. The smallest absolute Gasteiger partial charge is 0.335 e. The number of benzene rings is 1. The lowest BCUT2D eigenvalue weighted by Crippen LogP contribution is -2.19. The second-order valence-corrected chi connectivity index (χ2v) is 4.49. The monoisotopic (exact) mass is 274 g/mol. The van der Waals surface area contributed by atoms with Crippen LogP contribution in [0.25, 0.3) is 0 Å². The largest absolute Gasteiger partial charge is 0.478 e. The van der Waals surface area contributed by atoms with Crippen molar-refractivity contribution in [3.63, 3.8) is 0 Å². The molecule has 0 aliphatic rings. The van der Waals surface area contributed by atoms with Crippen molar-refractivity contribution >= 4 is 5.97 Å². The van der Waals surface area contributed by atoms with Gasteiger partial charge in [0.25, 0.3) is 0 Å². The summed E-state index contributed by atoms with van der Waals surface area (Å²) in [5.74, 6) is -1.47. The zero-order valence-electron chi connectivity index (χ0n) is 11.0. The molecule has 2 N–H and O–H groups in total. The minimum atomic E-state index is -1.06. The second-order valence-electron chi connectivity index (χ2n) is 4.49. The van der Waals surface area contributed by atoms with Gasteiger partial charge in [-0.15, -0.1) is 0 Å². The number of rotatable bonds is 5. The van der Waals surface area contributed by atoms with Gasteiger partial charge in [-0.2, -0.15) is 0 Å². The average molecular weight is 274 g/mol. The lowest BCUT2D eigenvalue weighted by atomic mass is 10.1. The van der Waals surface area contributed by atoms with Gasteiger partial charge >= 0.3 is 5.97 Å². The molecule has 2 aromatic rings. The van der Waals surface area contributed by atoms with Crippen LogP contribution in [0.3, 0.4) is 0 Å². The van der Waals surface area contributed by atoms with Crippen molar-refractivity contribution in [3.05, 3.63) is 65.2 Å². The summed E-state index contributed by atoms with van der Waals surface area (Å²) in [6.45, 7) is 2.21. The number of aromatic nitrogens is 1. The molecule has 104 valence electrons. The Hall–Kier alpha value is -2.27. The molecule has 0 radical (unpaired) electrons. The van der Waals surface area contributed by atoms with Gasteiger partial charge in [0.15, 0.2) is 0 Å². The maximum atomic E-state index is 13.6. The number of hydrogen-bond donors (Lipinski definition) is 2. The summed E-state index contributed by atoms with van der Waals surface area (Å²) >= 11 is 0. The standard InChI is InChI=1S/C15H15FN2O2/c1-10(11-4-6-17-7-5-11)18-9-13-8-12(15(19)20)2-3-14(13)16/h2-8,10,18H,9H2,1H3,(H,19,20)/t10-/m1/s1. The van der Waals surface area contributed by atoms with E-state index < -0.39 is 11.8 Å². The van der Waals surface area contributed by atoms with Gasteiger partial charge in [0.05, 0.1) is 5.56 Å². The number of hydrogen-bond acceptors (Lipinski definition) is 3. The third-order valence-corrected chi connectivity index (χ3v) is 3.10. The van der Waals surface area contributed by atoms with Gasteiger partial charge in [-0.05, 0) is 42.8 Å². The first kappa shape index (κ1) is 14.1. The number of carboxylic acid groups (broad SMARTS) is 1. The summed E-state index contributed by atoms with van der Waals surface area (Å²) < 4.78 is 13.6. The Morgan fingerprint density at radius 3 is 2.70 bits per heavy atom. The minimum Gasteiger partial charge on any atom is -0.478 e. The van der Waals surface area contributed by atoms with Crippen molar-refractivity contribution in [2.24, 2.45) is 0 Å². The first-order valence-corrected chi connectivity index (χ1v) is 6.23. The predicted molar refractivity (Wildman–Crippen MR) is 72.9 cm³/mol. The maximum Gasteiger partial charge on any atom is 0.335 e. The Morgan fingerprint density at radius 2 is 2.05 bits per heavy atom. The van der Waals surface area contributed by atoms with Crippen LogP contribution in [-0.4, -0.2) is 16.1 Å². The Bertz CT molecular complexity index is 602. The van der Waals surface area contributed by atoms with E-state index in [1.807, 2.05) is 19.1 Å². The molecule has 0 fully saturated rings. The summed E-state index contributed by atoms with van der Waals surface area (Å²) in [5.41, 5.74) is 1.46. The molecule has 0 bridgehead atoms. The van der Waals surface area contributed by atoms with E-state index >= 15 is 0 Å². The van der Waals surface area contributed by atoms with Gasteiger partial charge in [0.1, 0.15) is 5.82 Å². The molecule has 1 heterocycles. The minimum absolute atomic E-state index is 0.0193. The highest BCUT2D eigenvalue weighted by molar-refractivity contribution is 5.87. The fraction of sp³-hybridized carbons (Fsp3) is 0.200. The van der Waals surface area contributed by atoms with E-state index in [0.29, 0.717) is 5.56 Å². The van der Waals surface area contributed by atoms with Gasteiger partial charge in [0, 0.05) is 30.5 Å². The molecule has 1 aromatic carbocycles. The molecule has 2 rings (SSSR count). The Kier molecular flexibility index (Phi) is 4.42. The fourth-order valence-corrected chi connectivity index (χ4v) is 1.88. The number of pyridine rings is 1. The van der Waals surface area contributed by atoms with Crippen molar-refractivity contribution in [1.29, 1.82) is 0 Å². The predicted octanol–water partition coefficient (Wildman–Crippen LogP) is 2.77. The summed E-state index contributed by atoms with van der Waals surface area (Å²) in [5, 5.41) is 12.1. The Morgan fingerprint density at radius 1 is 1.35 bits per heavy atom. The third kappa shape index (κ3) is 3.39. The molecule has 0 saturated heterocycles. The van der Waals surface area contributed by atoms with E-state index in [9.17, 15) is 9.18 Å². The van der Waals surface area contributed by atoms with Gasteiger partial charge in [-0.1, -0.05) is 0 Å². The van der Waals surface area contributed by atoms with E-state index in [-0.39, 0.29) is 18.2 Å². The van der Waals surface area contributed by atoms with Crippen LogP contribution in [-0.2, 0) is 6.54 Å². The van der Waals surface area contributed by atoms with E-state index in [1.54, 1.807) is 12.4 Å². The topological polar surface area (TPSA) is 62.2 Å². The van der Waals surface area contributed by atoms with Gasteiger partial charge in [0.2, 0.25) is 0 Å². The normalized spacial score (nSPS) is 12.1. The summed E-state index contributed by atoms with van der Waals surface area (Å²) in [4.78, 5) is 14.8. The van der Waals surface area contributed by atoms with Crippen molar-refractivity contribution in [2.75, 3.05) is 0 Å². The number of carboxylic acids is 1. The van der Waals surface area contributed by atoms with E-state index in [0.717, 1.165) is 5.56 Å². The number of carbonyl (C=O) groups is 1. The summed E-state index contributed by atoms with van der Waals surface area (Å²) in [7, 11) is 0. The number of halogens is 1. The van der Waals surface area contributed by atoms with Crippen LogP contribution < -0.4 is 5.32 Å². The van der Waals surface area contributed by atoms with Crippen molar-refractivity contribution in [3.8, 4) is 0 Å². The molecule has 1 aromatic heterocycles. The van der Waals surface area contributed by atoms with Crippen LogP contribution in [0.2, 0.25) is 0 Å². The molecule has 4 nitrogen and oxygen atoms in total. The highest BCUT2D eigenvalue weighted by atomic mass is 19.1. The average Bonchev–Trinajstić information content (AvgIpc) is 2.46. The number of nitrogens with zero attached hydrogens (tertiary/aromatic N) is 1. The Balaban J connectivity index is 2.07. The fourth-order valence-electron chi connectivity index (χ4n) is 1.88. The van der Waals surface area contributed by atoms with E-state index in [2.05, 4.69) is 10.3 Å². The van der Waals surface area contributed by atoms with Gasteiger partial charge in [-0.25, -0.2) is 9.18 Å². The van der Waals surface area contributed by atoms with Crippen molar-refractivity contribution in [1.82, 2.24) is 10.3 Å². The van der Waals surface area contributed by atoms with Crippen LogP contribution in [0.4, 0.5) is 4.39 Å². The van der Waals surface area contributed by atoms with E-state index in [1.165, 1.54) is 18.2 Å². The van der Waals surface area contributed by atoms with Crippen LogP contribution in [0, 0.1) is 5.82 Å². The second kappa shape index (κ2) is 6.25. The van der Waals surface area contributed by atoms with Crippen molar-refractivity contribution in [2.45, 2.75) is 19.5 Å². The first-order valence-electron chi connectivity index (χ1n) is 6.23. The molecule has 1 atom stereocenters. The summed E-state index contributed by atoms with van der Waals surface area (Å²) in [6.07, 6.45) is 3.39. The lowest BCUT2D eigenvalue weighted by Gasteiger charge is -2.14. The molecule has 20 heavy (non-hydrogen) atoms. The highest BCUT2D eigenvalue weighted by Crippen LogP contribution is 2.14. The van der Waals surface area contributed by atoms with Crippen LogP contribution in [0.15, 0.2) is 42.7 Å². The zero-order valence-corrected chi connectivity index (χ0v) is 11.0. The van der Waals surface area contributed by atoms with Crippen LogP contribution in [0.5, 0.6) is 0 Å². The lowest BCUT2D eigenvalue weighted by molar-refractivity contribution is 0.0696. The van der Waals surface area contributed by atoms with Crippen LogP contribution in [0.1, 0.15) is 34.5 Å².